The highest BCUT2D eigenvalue weighted by Crippen LogP contribution is 2.32. The highest BCUT2D eigenvalue weighted by atomic mass is 16.4. The third kappa shape index (κ3) is 6.23. The van der Waals surface area contributed by atoms with Gasteiger partial charge in [-0.15, -0.1) is 0 Å². The van der Waals surface area contributed by atoms with Crippen molar-refractivity contribution < 1.29 is 14.7 Å². The number of amides is 1. The van der Waals surface area contributed by atoms with Crippen LogP contribution in [-0.4, -0.2) is 40.0 Å². The molecule has 3 rings (SSSR count). The van der Waals surface area contributed by atoms with Crippen LogP contribution in [0.1, 0.15) is 58.8 Å². The summed E-state index contributed by atoms with van der Waals surface area (Å²) < 4.78 is 0. The topological polar surface area (TPSA) is 113 Å². The number of hydrazine groups is 1. The van der Waals surface area contributed by atoms with Crippen LogP contribution in [0.15, 0.2) is 78.2 Å². The van der Waals surface area contributed by atoms with Crippen LogP contribution in [0, 0.1) is 6.92 Å². The van der Waals surface area contributed by atoms with Crippen molar-refractivity contribution in [3.63, 3.8) is 0 Å². The zero-order chi connectivity index (χ0) is 26.4. The number of hydrogen-bond acceptors (Lipinski definition) is 5. The molecular formula is C29H36N4O3. The number of aliphatic carboxylic acids is 1. The van der Waals surface area contributed by atoms with E-state index in [1.807, 2.05) is 68.1 Å². The maximum absolute atomic E-state index is 13.2. The average Bonchev–Trinajstić information content (AvgIpc) is 2.86. The van der Waals surface area contributed by atoms with Gasteiger partial charge in [-0.25, -0.2) is 5.84 Å². The van der Waals surface area contributed by atoms with Crippen molar-refractivity contribution >= 4 is 11.9 Å². The number of carbonyl (C=O) groups excluding carboxylic acids is 1. The molecule has 7 heteroatoms. The number of nitrogens with two attached hydrogens (primary N) is 2. The van der Waals surface area contributed by atoms with Gasteiger partial charge in [0.2, 0.25) is 0 Å². The molecule has 0 aromatic heterocycles. The molecule has 0 saturated heterocycles. The first kappa shape index (κ1) is 26.8. The number of nitrogens with zero attached hydrogens (tertiary/aromatic N) is 2. The number of benzene rings is 2. The van der Waals surface area contributed by atoms with E-state index < -0.39 is 5.97 Å². The number of rotatable bonds is 9. The van der Waals surface area contributed by atoms with Crippen LogP contribution in [0.2, 0.25) is 0 Å². The van der Waals surface area contributed by atoms with E-state index in [0.717, 1.165) is 28.7 Å². The standard InChI is InChI=1S/C29H36N4O3/c1-5-33(31)27(21(4)30)13-10-20(3)26(17-28(34)35)23-12-11-22-14-15-32(18-24(22)16-23)29(36)25-9-7-6-8-19(25)2/h6-13,16,26H,4-5,14-15,17-18,30-31H2,1-3H3,(H,34,35)/b20-10+,27-13+. The third-order valence-corrected chi connectivity index (χ3v) is 6.72. The molecular weight excluding hydrogens is 452 g/mol. The minimum absolute atomic E-state index is 0.0178. The molecule has 2 aromatic rings. The van der Waals surface area contributed by atoms with E-state index in [9.17, 15) is 14.7 Å². The first-order chi connectivity index (χ1) is 17.1. The van der Waals surface area contributed by atoms with Gasteiger partial charge in [0.1, 0.15) is 0 Å². The van der Waals surface area contributed by atoms with Gasteiger partial charge in [-0.05, 0) is 61.6 Å². The van der Waals surface area contributed by atoms with Gasteiger partial charge in [0.05, 0.1) is 12.1 Å². The summed E-state index contributed by atoms with van der Waals surface area (Å²) >= 11 is 0. The van der Waals surface area contributed by atoms with Crippen LogP contribution in [0.5, 0.6) is 0 Å². The summed E-state index contributed by atoms with van der Waals surface area (Å²) in [4.78, 5) is 26.8. The Morgan fingerprint density at radius 3 is 2.56 bits per heavy atom. The van der Waals surface area contributed by atoms with Crippen molar-refractivity contribution in [1.82, 2.24) is 9.91 Å². The predicted molar refractivity (Wildman–Crippen MR) is 143 cm³/mol. The summed E-state index contributed by atoms with van der Waals surface area (Å²) in [6.07, 6.45) is 4.33. The van der Waals surface area contributed by atoms with Crippen molar-refractivity contribution in [1.29, 1.82) is 0 Å². The smallest absolute Gasteiger partial charge is 0.304 e. The van der Waals surface area contributed by atoms with Gasteiger partial charge in [-0.2, -0.15) is 0 Å². The zero-order valence-electron chi connectivity index (χ0n) is 21.3. The Morgan fingerprint density at radius 2 is 1.92 bits per heavy atom. The molecule has 1 aliphatic heterocycles. The molecule has 7 nitrogen and oxygen atoms in total. The van der Waals surface area contributed by atoms with E-state index >= 15 is 0 Å². The SMILES string of the molecule is C=C(N)/C(=C\C=C(/C)C(CC(=O)O)c1ccc2c(c1)CN(C(=O)c1ccccc1C)CC2)N(N)CC. The predicted octanol–water partition coefficient (Wildman–Crippen LogP) is 4.25. The second-order valence-electron chi connectivity index (χ2n) is 9.24. The highest BCUT2D eigenvalue weighted by molar-refractivity contribution is 5.95. The molecule has 0 aliphatic carbocycles. The number of carbonyl (C=O) groups is 2. The quantitative estimate of drug-likeness (QED) is 0.276. The first-order valence-corrected chi connectivity index (χ1v) is 12.2. The first-order valence-electron chi connectivity index (χ1n) is 12.2. The lowest BCUT2D eigenvalue weighted by Gasteiger charge is -2.30. The molecule has 36 heavy (non-hydrogen) atoms. The molecule has 0 saturated carbocycles. The molecule has 0 fully saturated rings. The Labute approximate surface area is 213 Å². The summed E-state index contributed by atoms with van der Waals surface area (Å²) in [6, 6.07) is 13.7. The molecule has 190 valence electrons. The summed E-state index contributed by atoms with van der Waals surface area (Å²) in [7, 11) is 0. The minimum atomic E-state index is -0.886. The van der Waals surface area contributed by atoms with Crippen LogP contribution in [0.25, 0.3) is 0 Å². The maximum atomic E-state index is 13.2. The Bertz CT molecular complexity index is 1210. The fourth-order valence-corrected chi connectivity index (χ4v) is 4.55. The van der Waals surface area contributed by atoms with Crippen LogP contribution in [-0.2, 0) is 17.8 Å². The molecule has 1 aliphatic rings. The van der Waals surface area contributed by atoms with Gasteiger partial charge in [0, 0.05) is 36.8 Å². The lowest BCUT2D eigenvalue weighted by Crippen LogP contribution is -2.36. The van der Waals surface area contributed by atoms with E-state index in [1.165, 1.54) is 10.6 Å². The molecule has 1 heterocycles. The fourth-order valence-electron chi connectivity index (χ4n) is 4.55. The Morgan fingerprint density at radius 1 is 1.19 bits per heavy atom. The van der Waals surface area contributed by atoms with E-state index in [1.54, 1.807) is 6.08 Å². The Balaban J connectivity index is 1.92. The van der Waals surface area contributed by atoms with Crippen LogP contribution in [0.3, 0.4) is 0 Å². The van der Waals surface area contributed by atoms with Crippen molar-refractivity contribution in [2.75, 3.05) is 13.1 Å². The third-order valence-electron chi connectivity index (χ3n) is 6.72. The van der Waals surface area contributed by atoms with E-state index in [2.05, 4.69) is 12.6 Å². The molecule has 1 amide bonds. The number of carboxylic acid groups (broad SMARTS) is 1. The van der Waals surface area contributed by atoms with Crippen molar-refractivity contribution in [2.24, 2.45) is 11.6 Å². The van der Waals surface area contributed by atoms with Gasteiger partial charge < -0.3 is 20.7 Å². The van der Waals surface area contributed by atoms with Crippen molar-refractivity contribution in [3.8, 4) is 0 Å². The van der Waals surface area contributed by atoms with Crippen LogP contribution in [0.4, 0.5) is 0 Å². The number of allylic oxidation sites excluding steroid dienone is 3. The van der Waals surface area contributed by atoms with E-state index in [0.29, 0.717) is 36.6 Å². The van der Waals surface area contributed by atoms with Crippen LogP contribution >= 0.6 is 0 Å². The molecule has 5 N–H and O–H groups in total. The zero-order valence-corrected chi connectivity index (χ0v) is 21.3. The van der Waals surface area contributed by atoms with Gasteiger partial charge >= 0.3 is 5.97 Å². The van der Waals surface area contributed by atoms with Crippen molar-refractivity contribution in [3.05, 3.63) is 106 Å². The maximum Gasteiger partial charge on any atom is 0.304 e. The summed E-state index contributed by atoms with van der Waals surface area (Å²) in [5.41, 5.74) is 12.5. The Hall–Kier alpha value is -3.84. The number of carboxylic acids is 1. The molecule has 0 radical (unpaired) electrons. The van der Waals surface area contributed by atoms with E-state index in [4.69, 9.17) is 11.6 Å². The van der Waals surface area contributed by atoms with Gasteiger partial charge in [0.15, 0.2) is 0 Å². The number of hydrogen-bond donors (Lipinski definition) is 3. The van der Waals surface area contributed by atoms with Gasteiger partial charge in [0.25, 0.3) is 5.91 Å². The number of likely N-dealkylation sites (N-methyl/N-ethyl adjacent to an activating group) is 1. The second kappa shape index (κ2) is 11.7. The normalized spacial score (nSPS) is 14.7. The number of aryl methyl sites for hydroxylation is 1. The monoisotopic (exact) mass is 488 g/mol. The molecule has 0 spiro atoms. The molecule has 2 aromatic carbocycles. The van der Waals surface area contributed by atoms with Gasteiger partial charge in [-0.3, -0.25) is 9.59 Å². The molecule has 1 unspecified atom stereocenters. The van der Waals surface area contributed by atoms with E-state index in [-0.39, 0.29) is 18.2 Å². The lowest BCUT2D eigenvalue weighted by molar-refractivity contribution is -0.137. The summed E-state index contributed by atoms with van der Waals surface area (Å²) in [5.74, 6) is 4.80. The highest BCUT2D eigenvalue weighted by Gasteiger charge is 2.25. The lowest BCUT2D eigenvalue weighted by atomic mass is 9.85. The fraction of sp³-hybridized carbons (Fsp3) is 0.310. The number of fused-ring (bicyclic) bond motifs is 1. The summed E-state index contributed by atoms with van der Waals surface area (Å²) in [6.45, 7) is 11.2. The average molecular weight is 489 g/mol. The van der Waals surface area contributed by atoms with Crippen molar-refractivity contribution in [2.45, 2.75) is 46.1 Å². The van der Waals surface area contributed by atoms with Crippen LogP contribution < -0.4 is 11.6 Å². The summed E-state index contributed by atoms with van der Waals surface area (Å²) in [5, 5.41) is 11.1. The van der Waals surface area contributed by atoms with Gasteiger partial charge in [-0.1, -0.05) is 54.6 Å². The second-order valence-corrected chi connectivity index (χ2v) is 9.24. The molecule has 0 bridgehead atoms. The molecule has 1 atom stereocenters. The largest absolute Gasteiger partial charge is 0.481 e. The minimum Gasteiger partial charge on any atom is -0.481 e. The Kier molecular flexibility index (Phi) is 8.72.